The van der Waals surface area contributed by atoms with E-state index < -0.39 is 18.2 Å². The van der Waals surface area contributed by atoms with Crippen molar-refractivity contribution in [2.45, 2.75) is 347 Å². The second-order valence-corrected chi connectivity index (χ2v) is 20.7. The van der Waals surface area contributed by atoms with Gasteiger partial charge in [-0.15, -0.1) is 0 Å². The Balaban J connectivity index is 4.47. The highest BCUT2D eigenvalue weighted by atomic mass is 16.5. The van der Waals surface area contributed by atoms with Crippen LogP contribution < -0.4 is 5.32 Å². The Morgan fingerprint density at radius 2 is 0.716 bits per heavy atom. The molecule has 0 aromatic heterocycles. The molecule has 0 aliphatic carbocycles. The van der Waals surface area contributed by atoms with E-state index in [1.54, 1.807) is 0 Å². The van der Waals surface area contributed by atoms with Gasteiger partial charge in [-0.25, -0.2) is 0 Å². The number of ether oxygens (including phenoxy) is 1. The van der Waals surface area contributed by atoms with Crippen LogP contribution in [0.4, 0.5) is 0 Å². The van der Waals surface area contributed by atoms with Crippen LogP contribution in [0.2, 0.25) is 0 Å². The standard InChI is InChI=1S/C61H117NO5/c1-4-7-10-13-16-19-22-25-27-29-30-31-33-36-39-42-45-48-51-54-61(66)67-57(52-49-46-43-40-37-34-24-21-18-15-12-9-6-3)55-60(65)62-58(56-63)59(64)53-50-47-44-41-38-35-32-28-26-23-20-17-14-11-8-5-2/h21,24-25,27,57-59,63-64H,4-20,22-23,26,28-56H2,1-3H3,(H,62,65)/b24-21-,27-25+. The third-order valence-electron chi connectivity index (χ3n) is 14.0. The summed E-state index contributed by atoms with van der Waals surface area (Å²) in [6, 6.07) is -0.702. The Morgan fingerprint density at radius 1 is 0.418 bits per heavy atom. The molecule has 0 heterocycles. The van der Waals surface area contributed by atoms with Gasteiger partial charge in [0.05, 0.1) is 25.2 Å². The second kappa shape index (κ2) is 55.3. The van der Waals surface area contributed by atoms with Crippen LogP contribution in [0.3, 0.4) is 0 Å². The molecule has 0 fully saturated rings. The van der Waals surface area contributed by atoms with Gasteiger partial charge in [-0.3, -0.25) is 9.59 Å². The first-order valence-corrected chi connectivity index (χ1v) is 30.1. The van der Waals surface area contributed by atoms with Gasteiger partial charge in [0.15, 0.2) is 0 Å². The number of carbonyl (C=O) groups excluding carboxylic acids is 2. The predicted molar refractivity (Wildman–Crippen MR) is 292 cm³/mol. The summed E-state index contributed by atoms with van der Waals surface area (Å²) in [7, 11) is 0. The van der Waals surface area contributed by atoms with Crippen molar-refractivity contribution in [3.8, 4) is 0 Å². The van der Waals surface area contributed by atoms with Crippen molar-refractivity contribution in [3.63, 3.8) is 0 Å². The van der Waals surface area contributed by atoms with E-state index in [0.29, 0.717) is 19.3 Å². The van der Waals surface area contributed by atoms with Gasteiger partial charge >= 0.3 is 5.97 Å². The molecule has 0 aromatic rings. The van der Waals surface area contributed by atoms with Crippen LogP contribution in [0, 0.1) is 0 Å². The van der Waals surface area contributed by atoms with Crippen molar-refractivity contribution >= 4 is 11.9 Å². The molecule has 6 nitrogen and oxygen atoms in total. The largest absolute Gasteiger partial charge is 0.462 e. The van der Waals surface area contributed by atoms with Crippen LogP contribution in [0.15, 0.2) is 24.3 Å². The number of nitrogens with one attached hydrogen (secondary N) is 1. The SMILES string of the molecule is CCCCCC/C=C\CCCCCCCC(CC(=O)NC(CO)C(O)CCCCCCCCCCCCCCCCCC)OC(=O)CCCCCCCCCCC/C=C/CCCCCCCC. The molecule has 0 rings (SSSR count). The summed E-state index contributed by atoms with van der Waals surface area (Å²) in [5.41, 5.74) is 0. The lowest BCUT2D eigenvalue weighted by Gasteiger charge is -2.24. The van der Waals surface area contributed by atoms with Crippen molar-refractivity contribution in [1.29, 1.82) is 0 Å². The minimum Gasteiger partial charge on any atom is -0.462 e. The van der Waals surface area contributed by atoms with E-state index in [1.807, 2.05) is 0 Å². The number of rotatable bonds is 55. The number of esters is 1. The van der Waals surface area contributed by atoms with E-state index in [-0.39, 0.29) is 24.9 Å². The molecule has 0 radical (unpaired) electrons. The fourth-order valence-corrected chi connectivity index (χ4v) is 9.42. The first-order valence-electron chi connectivity index (χ1n) is 30.1. The lowest BCUT2D eigenvalue weighted by atomic mass is 10.0. The van der Waals surface area contributed by atoms with Gasteiger partial charge in [0.25, 0.3) is 0 Å². The Hall–Kier alpha value is -1.66. The molecule has 0 aromatic carbocycles. The zero-order valence-electron chi connectivity index (χ0n) is 45.3. The fourth-order valence-electron chi connectivity index (χ4n) is 9.42. The molecule has 3 unspecified atom stereocenters. The molecular formula is C61H117NO5. The normalized spacial score (nSPS) is 13.2. The summed E-state index contributed by atoms with van der Waals surface area (Å²) >= 11 is 0. The van der Waals surface area contributed by atoms with E-state index in [1.165, 1.54) is 225 Å². The van der Waals surface area contributed by atoms with Gasteiger partial charge in [-0.1, -0.05) is 263 Å². The highest BCUT2D eigenvalue weighted by Gasteiger charge is 2.24. The zero-order chi connectivity index (χ0) is 48.8. The molecule has 0 aliphatic heterocycles. The first-order chi connectivity index (χ1) is 33.0. The number of carbonyl (C=O) groups is 2. The molecule has 0 spiro atoms. The van der Waals surface area contributed by atoms with Crippen molar-refractivity contribution in [2.24, 2.45) is 0 Å². The quantitative estimate of drug-likeness (QED) is 0.0321. The summed E-state index contributed by atoms with van der Waals surface area (Å²) in [6.45, 7) is 6.51. The molecule has 0 saturated carbocycles. The maximum Gasteiger partial charge on any atom is 0.306 e. The molecular weight excluding hydrogens is 827 g/mol. The number of hydrogen-bond donors (Lipinski definition) is 3. The molecule has 0 aliphatic rings. The van der Waals surface area contributed by atoms with Crippen LogP contribution >= 0.6 is 0 Å². The van der Waals surface area contributed by atoms with Gasteiger partial charge in [0.2, 0.25) is 5.91 Å². The highest BCUT2D eigenvalue weighted by molar-refractivity contribution is 5.77. The maximum atomic E-state index is 13.3. The predicted octanol–water partition coefficient (Wildman–Crippen LogP) is 18.6. The summed E-state index contributed by atoms with van der Waals surface area (Å²) < 4.78 is 5.97. The van der Waals surface area contributed by atoms with Gasteiger partial charge < -0.3 is 20.3 Å². The number of aliphatic hydroxyl groups is 2. The smallest absolute Gasteiger partial charge is 0.306 e. The second-order valence-electron chi connectivity index (χ2n) is 20.7. The van der Waals surface area contributed by atoms with E-state index >= 15 is 0 Å². The number of allylic oxidation sites excluding steroid dienone is 4. The van der Waals surface area contributed by atoms with Crippen LogP contribution in [-0.4, -0.2) is 46.9 Å². The molecule has 3 atom stereocenters. The molecule has 6 heteroatoms. The number of aliphatic hydroxyl groups excluding tert-OH is 2. The van der Waals surface area contributed by atoms with Crippen molar-refractivity contribution in [3.05, 3.63) is 24.3 Å². The van der Waals surface area contributed by atoms with Gasteiger partial charge in [-0.05, 0) is 77.0 Å². The Labute approximate surface area is 418 Å². The lowest BCUT2D eigenvalue weighted by Crippen LogP contribution is -2.46. The van der Waals surface area contributed by atoms with Crippen molar-refractivity contribution in [2.75, 3.05) is 6.61 Å². The van der Waals surface area contributed by atoms with Gasteiger partial charge in [-0.2, -0.15) is 0 Å². The molecule has 0 bridgehead atoms. The highest BCUT2D eigenvalue weighted by Crippen LogP contribution is 2.19. The maximum absolute atomic E-state index is 13.3. The molecule has 0 saturated heterocycles. The fraction of sp³-hybridized carbons (Fsp3) is 0.902. The van der Waals surface area contributed by atoms with E-state index in [0.717, 1.165) is 57.8 Å². The van der Waals surface area contributed by atoms with Crippen molar-refractivity contribution in [1.82, 2.24) is 5.32 Å². The summed E-state index contributed by atoms with van der Waals surface area (Å²) in [4.78, 5) is 26.3. The zero-order valence-corrected chi connectivity index (χ0v) is 45.3. The van der Waals surface area contributed by atoms with Crippen LogP contribution in [0.1, 0.15) is 329 Å². The third-order valence-corrected chi connectivity index (χ3v) is 14.0. The van der Waals surface area contributed by atoms with Crippen molar-refractivity contribution < 1.29 is 24.5 Å². The minimum absolute atomic E-state index is 0.0759. The summed E-state index contributed by atoms with van der Waals surface area (Å²) in [5, 5.41) is 23.9. The van der Waals surface area contributed by atoms with E-state index in [9.17, 15) is 19.8 Å². The van der Waals surface area contributed by atoms with E-state index in [2.05, 4.69) is 50.4 Å². The molecule has 3 N–H and O–H groups in total. The average molecular weight is 945 g/mol. The average Bonchev–Trinajstić information content (AvgIpc) is 3.32. The Bertz CT molecular complexity index is 1060. The number of amides is 1. The summed E-state index contributed by atoms with van der Waals surface area (Å²) in [6.07, 6.45) is 65.3. The Morgan fingerprint density at radius 3 is 1.07 bits per heavy atom. The molecule has 67 heavy (non-hydrogen) atoms. The monoisotopic (exact) mass is 944 g/mol. The molecule has 396 valence electrons. The van der Waals surface area contributed by atoms with E-state index in [4.69, 9.17) is 4.74 Å². The number of hydrogen-bond acceptors (Lipinski definition) is 5. The van der Waals surface area contributed by atoms with Gasteiger partial charge in [0.1, 0.15) is 6.10 Å². The van der Waals surface area contributed by atoms with Gasteiger partial charge in [0, 0.05) is 6.42 Å². The molecule has 1 amide bonds. The minimum atomic E-state index is -0.788. The lowest BCUT2D eigenvalue weighted by molar-refractivity contribution is -0.151. The first kappa shape index (κ1) is 65.3. The van der Waals surface area contributed by atoms with Crippen LogP contribution in [0.25, 0.3) is 0 Å². The number of unbranched alkanes of at least 4 members (excludes halogenated alkanes) is 39. The van der Waals surface area contributed by atoms with Crippen LogP contribution in [-0.2, 0) is 14.3 Å². The third kappa shape index (κ3) is 50.5. The summed E-state index contributed by atoms with van der Waals surface area (Å²) in [5.74, 6) is -0.466. The Kier molecular flexibility index (Phi) is 53.9. The van der Waals surface area contributed by atoms with Crippen LogP contribution in [0.5, 0.6) is 0 Å². The topological polar surface area (TPSA) is 95.9 Å².